The van der Waals surface area contributed by atoms with Crippen LogP contribution in [0.25, 0.3) is 0 Å². The Kier molecular flexibility index (Phi) is 5.58. The molecule has 0 aliphatic heterocycles. The number of hydrogen-bond acceptors (Lipinski definition) is 3. The number of halogens is 1. The number of rotatable bonds is 6. The van der Waals surface area contributed by atoms with Crippen LogP contribution in [0, 0.1) is 0 Å². The summed E-state index contributed by atoms with van der Waals surface area (Å²) in [6.07, 6.45) is 1.73. The van der Waals surface area contributed by atoms with E-state index in [-0.39, 0.29) is 5.91 Å². The normalized spacial score (nSPS) is 10.6. The van der Waals surface area contributed by atoms with Gasteiger partial charge in [-0.25, -0.2) is 0 Å². The minimum Gasteiger partial charge on any atom is -0.489 e. The number of aryl methyl sites for hydroxylation is 1. The van der Waals surface area contributed by atoms with Crippen molar-refractivity contribution < 1.29 is 9.53 Å². The molecule has 0 saturated heterocycles. The van der Waals surface area contributed by atoms with Gasteiger partial charge in [-0.15, -0.1) is 0 Å². The highest BCUT2D eigenvalue weighted by molar-refractivity contribution is 6.30. The van der Waals surface area contributed by atoms with Gasteiger partial charge in [0.25, 0.3) is 5.91 Å². The van der Waals surface area contributed by atoms with Crippen LogP contribution in [0.15, 0.2) is 60.8 Å². The molecule has 3 aromatic rings. The van der Waals surface area contributed by atoms with Crippen molar-refractivity contribution in [2.24, 2.45) is 7.05 Å². The average Bonchev–Trinajstić information content (AvgIpc) is 3.05. The molecule has 6 heteroatoms. The molecule has 134 valence electrons. The number of ether oxygens (including phenoxy) is 1. The second kappa shape index (κ2) is 8.06. The Morgan fingerprint density at radius 1 is 1.12 bits per heavy atom. The summed E-state index contributed by atoms with van der Waals surface area (Å²) in [5.41, 5.74) is 2.62. The Bertz CT molecular complexity index is 873. The van der Waals surface area contributed by atoms with Crippen LogP contribution >= 0.6 is 11.6 Å². The molecular formula is C20H20ClN3O2. The van der Waals surface area contributed by atoms with Gasteiger partial charge in [0.05, 0.1) is 12.2 Å². The van der Waals surface area contributed by atoms with Gasteiger partial charge in [-0.05, 0) is 48.0 Å². The Balaban J connectivity index is 1.58. The smallest absolute Gasteiger partial charge is 0.253 e. The van der Waals surface area contributed by atoms with Crippen molar-refractivity contribution in [1.29, 1.82) is 0 Å². The molecule has 1 amide bonds. The second-order valence-electron chi connectivity index (χ2n) is 6.05. The minimum absolute atomic E-state index is 0.0311. The van der Waals surface area contributed by atoms with Crippen LogP contribution in [0.2, 0.25) is 5.02 Å². The van der Waals surface area contributed by atoms with E-state index in [1.165, 1.54) is 0 Å². The first-order chi connectivity index (χ1) is 12.5. The lowest BCUT2D eigenvalue weighted by Crippen LogP contribution is -2.27. The zero-order valence-corrected chi connectivity index (χ0v) is 15.5. The highest BCUT2D eigenvalue weighted by Gasteiger charge is 2.13. The van der Waals surface area contributed by atoms with E-state index in [1.54, 1.807) is 35.0 Å². The number of hydrogen-bond donors (Lipinski definition) is 0. The summed E-state index contributed by atoms with van der Waals surface area (Å²) < 4.78 is 7.48. The topological polar surface area (TPSA) is 47.4 Å². The molecular weight excluding hydrogens is 350 g/mol. The number of carbonyl (C=O) groups is 1. The lowest BCUT2D eigenvalue weighted by atomic mass is 10.1. The molecule has 0 radical (unpaired) electrons. The van der Waals surface area contributed by atoms with E-state index < -0.39 is 0 Å². The third-order valence-electron chi connectivity index (χ3n) is 4.09. The molecule has 2 aromatic carbocycles. The fraction of sp³-hybridized carbons (Fsp3) is 0.200. The lowest BCUT2D eigenvalue weighted by Gasteiger charge is -2.17. The summed E-state index contributed by atoms with van der Waals surface area (Å²) in [4.78, 5) is 14.2. The van der Waals surface area contributed by atoms with E-state index in [0.29, 0.717) is 23.7 Å². The number of amides is 1. The molecule has 3 rings (SSSR count). The minimum atomic E-state index is -0.0311. The fourth-order valence-electron chi connectivity index (χ4n) is 2.53. The predicted octanol–water partition coefficient (Wildman–Crippen LogP) is 3.92. The Labute approximate surface area is 157 Å². The maximum Gasteiger partial charge on any atom is 0.253 e. The summed E-state index contributed by atoms with van der Waals surface area (Å²) >= 11 is 5.86. The zero-order chi connectivity index (χ0) is 18.5. The van der Waals surface area contributed by atoms with Crippen molar-refractivity contribution >= 4 is 17.5 Å². The molecule has 1 heterocycles. The third-order valence-corrected chi connectivity index (χ3v) is 4.34. The maximum atomic E-state index is 12.6. The summed E-state index contributed by atoms with van der Waals surface area (Å²) in [6, 6.07) is 16.6. The van der Waals surface area contributed by atoms with E-state index in [2.05, 4.69) is 5.10 Å². The van der Waals surface area contributed by atoms with Gasteiger partial charge in [0, 0.05) is 30.9 Å². The standard InChI is InChI=1S/C20H20ClN3O2/c1-23(13-18-11-12-22-24(18)2)20(25)16-5-3-15(4-6-16)14-26-19-9-7-17(21)8-10-19/h3-12H,13-14H2,1-2H3. The van der Waals surface area contributed by atoms with Crippen LogP contribution in [0.4, 0.5) is 0 Å². The van der Waals surface area contributed by atoms with E-state index in [1.807, 2.05) is 49.5 Å². The quantitative estimate of drug-likeness (QED) is 0.661. The monoisotopic (exact) mass is 369 g/mol. The van der Waals surface area contributed by atoms with Gasteiger partial charge in [-0.3, -0.25) is 9.48 Å². The molecule has 0 N–H and O–H groups in total. The van der Waals surface area contributed by atoms with Crippen LogP contribution in [-0.2, 0) is 20.2 Å². The second-order valence-corrected chi connectivity index (χ2v) is 6.48. The van der Waals surface area contributed by atoms with Gasteiger partial charge in [-0.1, -0.05) is 23.7 Å². The van der Waals surface area contributed by atoms with Gasteiger partial charge < -0.3 is 9.64 Å². The van der Waals surface area contributed by atoms with Crippen molar-refractivity contribution in [3.05, 3.63) is 82.6 Å². The first-order valence-corrected chi connectivity index (χ1v) is 8.60. The van der Waals surface area contributed by atoms with Crippen LogP contribution < -0.4 is 4.74 Å². The highest BCUT2D eigenvalue weighted by atomic mass is 35.5. The van der Waals surface area contributed by atoms with Gasteiger partial charge in [0.15, 0.2) is 0 Å². The molecule has 0 aliphatic rings. The molecule has 0 saturated carbocycles. The Hall–Kier alpha value is -2.79. The maximum absolute atomic E-state index is 12.6. The van der Waals surface area contributed by atoms with Gasteiger partial charge in [0.2, 0.25) is 0 Å². The van der Waals surface area contributed by atoms with Crippen LogP contribution in [0.3, 0.4) is 0 Å². The van der Waals surface area contributed by atoms with Gasteiger partial charge in [-0.2, -0.15) is 5.10 Å². The molecule has 26 heavy (non-hydrogen) atoms. The molecule has 0 atom stereocenters. The molecule has 0 unspecified atom stereocenters. The summed E-state index contributed by atoms with van der Waals surface area (Å²) in [7, 11) is 3.65. The summed E-state index contributed by atoms with van der Waals surface area (Å²) in [5.74, 6) is 0.724. The molecule has 0 aliphatic carbocycles. The van der Waals surface area contributed by atoms with Crippen molar-refractivity contribution in [1.82, 2.24) is 14.7 Å². The van der Waals surface area contributed by atoms with Gasteiger partial charge in [0.1, 0.15) is 12.4 Å². The van der Waals surface area contributed by atoms with Crippen molar-refractivity contribution in [2.45, 2.75) is 13.2 Å². The summed E-state index contributed by atoms with van der Waals surface area (Å²) in [6.45, 7) is 0.942. The SMILES string of the molecule is CN(Cc1ccnn1C)C(=O)c1ccc(COc2ccc(Cl)cc2)cc1. The van der Waals surface area contributed by atoms with Crippen LogP contribution in [0.5, 0.6) is 5.75 Å². The van der Waals surface area contributed by atoms with Crippen LogP contribution in [-0.4, -0.2) is 27.6 Å². The lowest BCUT2D eigenvalue weighted by molar-refractivity contribution is 0.0782. The predicted molar refractivity (Wildman–Crippen MR) is 101 cm³/mol. The molecule has 0 fully saturated rings. The average molecular weight is 370 g/mol. The molecule has 0 bridgehead atoms. The molecule has 0 spiro atoms. The number of nitrogens with zero attached hydrogens (tertiary/aromatic N) is 3. The van der Waals surface area contributed by atoms with E-state index in [4.69, 9.17) is 16.3 Å². The Morgan fingerprint density at radius 2 is 1.81 bits per heavy atom. The van der Waals surface area contributed by atoms with Crippen LogP contribution in [0.1, 0.15) is 21.6 Å². The zero-order valence-electron chi connectivity index (χ0n) is 14.7. The first kappa shape index (κ1) is 18.0. The summed E-state index contributed by atoms with van der Waals surface area (Å²) in [5, 5.41) is 4.80. The van der Waals surface area contributed by atoms with E-state index in [0.717, 1.165) is 17.0 Å². The van der Waals surface area contributed by atoms with Crippen molar-refractivity contribution in [2.75, 3.05) is 7.05 Å². The largest absolute Gasteiger partial charge is 0.489 e. The van der Waals surface area contributed by atoms with Gasteiger partial charge >= 0.3 is 0 Å². The third kappa shape index (κ3) is 4.43. The van der Waals surface area contributed by atoms with E-state index >= 15 is 0 Å². The van der Waals surface area contributed by atoms with Crippen molar-refractivity contribution in [3.63, 3.8) is 0 Å². The first-order valence-electron chi connectivity index (χ1n) is 8.22. The molecule has 1 aromatic heterocycles. The fourth-order valence-corrected chi connectivity index (χ4v) is 2.66. The van der Waals surface area contributed by atoms with Crippen molar-refractivity contribution in [3.8, 4) is 5.75 Å². The van der Waals surface area contributed by atoms with E-state index in [9.17, 15) is 4.79 Å². The Morgan fingerprint density at radius 3 is 2.42 bits per heavy atom. The number of benzene rings is 2. The number of carbonyl (C=O) groups excluding carboxylic acids is 1. The number of aromatic nitrogens is 2. The highest BCUT2D eigenvalue weighted by Crippen LogP contribution is 2.17. The molecule has 5 nitrogen and oxygen atoms in total.